The highest BCUT2D eigenvalue weighted by Crippen LogP contribution is 2.26. The molecule has 0 spiro atoms. The summed E-state index contributed by atoms with van der Waals surface area (Å²) in [6.07, 6.45) is 1.73. The van der Waals surface area contributed by atoms with E-state index in [4.69, 9.17) is 0 Å². The topological polar surface area (TPSA) is 49.4 Å². The van der Waals surface area contributed by atoms with Crippen LogP contribution in [-0.2, 0) is 10.0 Å². The van der Waals surface area contributed by atoms with Gasteiger partial charge in [0.05, 0.1) is 4.90 Å². The molecule has 1 aromatic carbocycles. The fraction of sp³-hybridized carbons (Fsp3) is 0.538. The molecule has 0 amide bonds. The van der Waals surface area contributed by atoms with Crippen molar-refractivity contribution >= 4 is 26.0 Å². The summed E-state index contributed by atoms with van der Waals surface area (Å²) < 4.78 is 27.7. The molecule has 0 saturated carbocycles. The van der Waals surface area contributed by atoms with Gasteiger partial charge in [-0.05, 0) is 44.5 Å². The van der Waals surface area contributed by atoms with Gasteiger partial charge in [-0.25, -0.2) is 8.42 Å². The molecule has 0 atom stereocenters. The van der Waals surface area contributed by atoms with Gasteiger partial charge in [0.25, 0.3) is 0 Å². The highest BCUT2D eigenvalue weighted by atomic mass is 79.9. The smallest absolute Gasteiger partial charge is 0.243 e. The van der Waals surface area contributed by atoms with Gasteiger partial charge in [-0.15, -0.1) is 0 Å². The molecule has 19 heavy (non-hydrogen) atoms. The second kappa shape index (κ2) is 5.91. The monoisotopic (exact) mass is 346 g/mol. The van der Waals surface area contributed by atoms with Gasteiger partial charge in [0.1, 0.15) is 0 Å². The second-order valence-electron chi connectivity index (χ2n) is 4.88. The zero-order valence-corrected chi connectivity index (χ0v) is 13.6. The second-order valence-corrected chi connectivity index (χ2v) is 7.70. The summed E-state index contributed by atoms with van der Waals surface area (Å²) in [5, 5.41) is 3.21. The number of hydrogen-bond donors (Lipinski definition) is 1. The average Bonchev–Trinajstić information content (AvgIpc) is 2.41. The molecule has 1 aliphatic rings. The molecule has 0 unspecified atom stereocenters. The standard InChI is InChI=1S/C13H19BrN2O2S/c1-10-3-4-11(14)9-13(10)19(17,18)16-7-5-12(15-2)6-8-16/h3-4,9,12,15H,5-8H2,1-2H3. The van der Waals surface area contributed by atoms with Crippen molar-refractivity contribution in [1.82, 2.24) is 9.62 Å². The van der Waals surface area contributed by atoms with E-state index in [0.29, 0.717) is 24.0 Å². The molecule has 1 saturated heterocycles. The van der Waals surface area contributed by atoms with Gasteiger partial charge in [-0.1, -0.05) is 22.0 Å². The van der Waals surface area contributed by atoms with E-state index in [1.54, 1.807) is 10.4 Å². The molecule has 1 heterocycles. The number of hydrogen-bond acceptors (Lipinski definition) is 3. The predicted molar refractivity (Wildman–Crippen MR) is 79.7 cm³/mol. The van der Waals surface area contributed by atoms with Crippen LogP contribution in [0.1, 0.15) is 18.4 Å². The van der Waals surface area contributed by atoms with Crippen LogP contribution in [0.25, 0.3) is 0 Å². The van der Waals surface area contributed by atoms with Crippen LogP contribution in [-0.4, -0.2) is 38.9 Å². The Balaban J connectivity index is 2.26. The largest absolute Gasteiger partial charge is 0.317 e. The Morgan fingerprint density at radius 2 is 1.95 bits per heavy atom. The number of nitrogens with zero attached hydrogens (tertiary/aromatic N) is 1. The molecule has 1 fully saturated rings. The molecule has 1 aromatic rings. The Morgan fingerprint density at radius 1 is 1.32 bits per heavy atom. The van der Waals surface area contributed by atoms with E-state index in [2.05, 4.69) is 21.2 Å². The quantitative estimate of drug-likeness (QED) is 0.911. The molecule has 1 N–H and O–H groups in total. The minimum absolute atomic E-state index is 0.407. The lowest BCUT2D eigenvalue weighted by molar-refractivity contribution is 0.298. The van der Waals surface area contributed by atoms with Gasteiger partial charge in [-0.2, -0.15) is 4.31 Å². The minimum atomic E-state index is -3.37. The first-order valence-electron chi connectivity index (χ1n) is 6.38. The van der Waals surface area contributed by atoms with Crippen LogP contribution in [0.15, 0.2) is 27.6 Å². The molecule has 4 nitrogen and oxygen atoms in total. The van der Waals surface area contributed by atoms with Gasteiger partial charge >= 0.3 is 0 Å². The molecule has 0 aliphatic carbocycles. The average molecular weight is 347 g/mol. The fourth-order valence-corrected chi connectivity index (χ4v) is 4.61. The van der Waals surface area contributed by atoms with Crippen LogP contribution in [0, 0.1) is 6.92 Å². The lowest BCUT2D eigenvalue weighted by Crippen LogP contribution is -2.44. The van der Waals surface area contributed by atoms with E-state index in [1.807, 2.05) is 26.1 Å². The van der Waals surface area contributed by atoms with Gasteiger partial charge in [0.2, 0.25) is 10.0 Å². The molecule has 0 aromatic heterocycles. The highest BCUT2D eigenvalue weighted by molar-refractivity contribution is 9.10. The first-order valence-corrected chi connectivity index (χ1v) is 8.62. The third-order valence-corrected chi connectivity index (χ3v) is 6.16. The van der Waals surface area contributed by atoms with Crippen LogP contribution in [0.2, 0.25) is 0 Å². The number of sulfonamides is 1. The Morgan fingerprint density at radius 3 is 2.53 bits per heavy atom. The van der Waals surface area contributed by atoms with Crippen molar-refractivity contribution < 1.29 is 8.42 Å². The normalized spacial score (nSPS) is 18.7. The van der Waals surface area contributed by atoms with Crippen LogP contribution < -0.4 is 5.32 Å². The van der Waals surface area contributed by atoms with E-state index >= 15 is 0 Å². The first-order chi connectivity index (χ1) is 8.95. The van der Waals surface area contributed by atoms with Crippen molar-refractivity contribution in [2.75, 3.05) is 20.1 Å². The molecular formula is C13H19BrN2O2S. The third kappa shape index (κ3) is 3.18. The summed E-state index contributed by atoms with van der Waals surface area (Å²) in [5.74, 6) is 0. The first kappa shape index (κ1) is 15.0. The van der Waals surface area contributed by atoms with Crippen LogP contribution in [0.4, 0.5) is 0 Å². The van der Waals surface area contributed by atoms with Gasteiger partial charge in [0, 0.05) is 23.6 Å². The molecule has 6 heteroatoms. The number of piperidine rings is 1. The molecular weight excluding hydrogens is 328 g/mol. The molecule has 0 radical (unpaired) electrons. The van der Waals surface area contributed by atoms with E-state index in [-0.39, 0.29) is 0 Å². The van der Waals surface area contributed by atoms with E-state index < -0.39 is 10.0 Å². The van der Waals surface area contributed by atoms with Crippen molar-refractivity contribution in [2.24, 2.45) is 0 Å². The third-order valence-electron chi connectivity index (χ3n) is 3.63. The van der Waals surface area contributed by atoms with E-state index in [0.717, 1.165) is 22.9 Å². The Hall–Kier alpha value is -0.430. The van der Waals surface area contributed by atoms with E-state index in [1.165, 1.54) is 0 Å². The van der Waals surface area contributed by atoms with Crippen molar-refractivity contribution in [3.63, 3.8) is 0 Å². The SMILES string of the molecule is CNC1CCN(S(=O)(=O)c2cc(Br)ccc2C)CC1. The molecule has 2 rings (SSSR count). The molecule has 0 bridgehead atoms. The van der Waals surface area contributed by atoms with Crippen LogP contribution in [0.5, 0.6) is 0 Å². The Kier molecular flexibility index (Phi) is 4.66. The number of nitrogens with one attached hydrogen (secondary N) is 1. The van der Waals surface area contributed by atoms with Gasteiger partial charge in [-0.3, -0.25) is 0 Å². The summed E-state index contributed by atoms with van der Waals surface area (Å²) in [4.78, 5) is 0.407. The van der Waals surface area contributed by atoms with Crippen LogP contribution in [0.3, 0.4) is 0 Å². The minimum Gasteiger partial charge on any atom is -0.317 e. The lowest BCUT2D eigenvalue weighted by Gasteiger charge is -2.31. The maximum Gasteiger partial charge on any atom is 0.243 e. The number of halogens is 1. The molecule has 1 aliphatic heterocycles. The Labute approximate surface area is 123 Å². The maximum absolute atomic E-state index is 12.6. The van der Waals surface area contributed by atoms with E-state index in [9.17, 15) is 8.42 Å². The Bertz CT molecular complexity index is 552. The zero-order valence-electron chi connectivity index (χ0n) is 11.2. The van der Waals surface area contributed by atoms with Gasteiger partial charge < -0.3 is 5.32 Å². The molecule has 106 valence electrons. The fourth-order valence-electron chi connectivity index (χ4n) is 2.38. The van der Waals surface area contributed by atoms with Crippen molar-refractivity contribution in [1.29, 1.82) is 0 Å². The summed E-state index contributed by atoms with van der Waals surface area (Å²) in [6, 6.07) is 5.81. The maximum atomic E-state index is 12.6. The summed E-state index contributed by atoms with van der Waals surface area (Å²) in [6.45, 7) is 3.00. The van der Waals surface area contributed by atoms with Crippen molar-refractivity contribution in [3.8, 4) is 0 Å². The summed E-state index contributed by atoms with van der Waals surface area (Å²) >= 11 is 3.34. The van der Waals surface area contributed by atoms with Crippen molar-refractivity contribution in [3.05, 3.63) is 28.2 Å². The van der Waals surface area contributed by atoms with Crippen LogP contribution >= 0.6 is 15.9 Å². The predicted octanol–water partition coefficient (Wildman–Crippen LogP) is 2.13. The highest BCUT2D eigenvalue weighted by Gasteiger charge is 2.29. The lowest BCUT2D eigenvalue weighted by atomic mass is 10.1. The van der Waals surface area contributed by atoms with Gasteiger partial charge in [0.15, 0.2) is 0 Å². The number of rotatable bonds is 3. The zero-order chi connectivity index (χ0) is 14.0. The summed E-state index contributed by atoms with van der Waals surface area (Å²) in [5.41, 5.74) is 0.791. The number of aryl methyl sites for hydroxylation is 1. The summed E-state index contributed by atoms with van der Waals surface area (Å²) in [7, 11) is -1.45. The van der Waals surface area contributed by atoms with Crippen molar-refractivity contribution in [2.45, 2.75) is 30.7 Å². The number of benzene rings is 1.